The van der Waals surface area contributed by atoms with Gasteiger partial charge in [-0.1, -0.05) is 12.5 Å². The molecule has 1 saturated heterocycles. The van der Waals surface area contributed by atoms with Gasteiger partial charge in [-0.2, -0.15) is 0 Å². The number of halogens is 2. The topological polar surface area (TPSA) is 104 Å². The highest BCUT2D eigenvalue weighted by molar-refractivity contribution is 5.98. The summed E-state index contributed by atoms with van der Waals surface area (Å²) in [4.78, 5) is 40.4. The molecule has 0 radical (unpaired) electrons. The summed E-state index contributed by atoms with van der Waals surface area (Å²) in [5, 5.41) is 15.7. The van der Waals surface area contributed by atoms with Gasteiger partial charge in [0.1, 0.15) is 17.2 Å². The maximum Gasteiger partial charge on any atom is 0.271 e. The van der Waals surface area contributed by atoms with Gasteiger partial charge in [0.15, 0.2) is 11.4 Å². The van der Waals surface area contributed by atoms with Crippen LogP contribution >= 0.6 is 0 Å². The Bertz CT molecular complexity index is 1130. The Morgan fingerprint density at radius 3 is 2.76 bits per heavy atom. The van der Waals surface area contributed by atoms with Gasteiger partial charge in [-0.05, 0) is 31.9 Å². The molecular formula is C23H26F2N4O4. The summed E-state index contributed by atoms with van der Waals surface area (Å²) in [7, 11) is 0. The second-order valence-corrected chi connectivity index (χ2v) is 8.41. The molecule has 3 N–H and O–H groups in total. The van der Waals surface area contributed by atoms with Crippen LogP contribution in [-0.4, -0.2) is 52.1 Å². The first-order valence-corrected chi connectivity index (χ1v) is 11.1. The van der Waals surface area contributed by atoms with E-state index in [9.17, 15) is 28.3 Å². The van der Waals surface area contributed by atoms with Crippen molar-refractivity contribution in [2.24, 2.45) is 0 Å². The van der Waals surface area contributed by atoms with Crippen molar-refractivity contribution in [2.75, 3.05) is 19.6 Å². The van der Waals surface area contributed by atoms with Crippen LogP contribution in [0.5, 0.6) is 5.75 Å². The van der Waals surface area contributed by atoms with Gasteiger partial charge in [-0.25, -0.2) is 8.78 Å². The SMILES string of the molecule is O=C(NCc1ccc(F)cc1F)c1cn2c(c(O)c1=O)C(=O)NCC[C@H]1CCCCN1CC2. The number of piperidine rings is 1. The number of carbonyl (C=O) groups excluding carboxylic acids is 2. The van der Waals surface area contributed by atoms with E-state index in [1.54, 1.807) is 0 Å². The van der Waals surface area contributed by atoms with Gasteiger partial charge in [0.05, 0.1) is 0 Å². The molecule has 10 heteroatoms. The van der Waals surface area contributed by atoms with Gasteiger partial charge in [0, 0.05) is 50.0 Å². The number of nitrogens with zero attached hydrogens (tertiary/aromatic N) is 2. The number of aromatic hydroxyl groups is 1. The number of aromatic nitrogens is 1. The molecule has 0 unspecified atom stereocenters. The van der Waals surface area contributed by atoms with Crippen molar-refractivity contribution in [1.82, 2.24) is 20.1 Å². The van der Waals surface area contributed by atoms with Crippen molar-refractivity contribution in [3.05, 3.63) is 63.1 Å². The minimum absolute atomic E-state index is 0.0450. The van der Waals surface area contributed by atoms with Crippen LogP contribution in [0.3, 0.4) is 0 Å². The fourth-order valence-electron chi connectivity index (χ4n) is 4.52. The lowest BCUT2D eigenvalue weighted by atomic mass is 9.99. The number of carbonyl (C=O) groups is 2. The van der Waals surface area contributed by atoms with E-state index in [4.69, 9.17) is 0 Å². The zero-order valence-corrected chi connectivity index (χ0v) is 18.1. The quantitative estimate of drug-likeness (QED) is 0.648. The van der Waals surface area contributed by atoms with E-state index in [1.165, 1.54) is 16.8 Å². The second-order valence-electron chi connectivity index (χ2n) is 8.41. The summed E-state index contributed by atoms with van der Waals surface area (Å²) in [6, 6.07) is 3.31. The van der Waals surface area contributed by atoms with E-state index in [1.807, 2.05) is 0 Å². The predicted octanol–water partition coefficient (Wildman–Crippen LogP) is 1.75. The Labute approximate surface area is 189 Å². The number of nitrogens with one attached hydrogen (secondary N) is 2. The smallest absolute Gasteiger partial charge is 0.271 e. The van der Waals surface area contributed by atoms with Crippen molar-refractivity contribution >= 4 is 11.8 Å². The van der Waals surface area contributed by atoms with E-state index < -0.39 is 34.6 Å². The molecule has 2 aliphatic heterocycles. The second kappa shape index (κ2) is 9.70. The molecule has 0 saturated carbocycles. The van der Waals surface area contributed by atoms with E-state index in [0.29, 0.717) is 31.7 Å². The largest absolute Gasteiger partial charge is 0.503 e. The summed E-state index contributed by atoms with van der Waals surface area (Å²) >= 11 is 0. The van der Waals surface area contributed by atoms with Crippen LogP contribution in [0.1, 0.15) is 52.1 Å². The number of rotatable bonds is 3. The number of fused-ring (bicyclic) bond motifs is 2. The molecule has 0 bridgehead atoms. The Kier molecular flexibility index (Phi) is 6.73. The lowest BCUT2D eigenvalue weighted by molar-refractivity contribution is 0.0898. The third-order valence-electron chi connectivity index (χ3n) is 6.31. The minimum atomic E-state index is -0.985. The summed E-state index contributed by atoms with van der Waals surface area (Å²) in [5.74, 6) is -3.78. The molecule has 0 aliphatic carbocycles. The van der Waals surface area contributed by atoms with Crippen LogP contribution < -0.4 is 16.1 Å². The standard InChI is InChI=1S/C23H26F2N4O4/c24-15-5-4-14(18(25)11-15)12-27-22(32)17-13-29-10-9-28-8-2-1-3-16(28)6-7-26-23(33)19(29)21(31)20(17)30/h4-5,11,13,16,31H,1-3,6-10,12H2,(H,26,33)(H,27,32)/t16-/m1/s1. The maximum absolute atomic E-state index is 13.9. The fourth-order valence-corrected chi connectivity index (χ4v) is 4.52. The Morgan fingerprint density at radius 1 is 1.15 bits per heavy atom. The van der Waals surface area contributed by atoms with Gasteiger partial charge in [-0.15, -0.1) is 0 Å². The first-order valence-electron chi connectivity index (χ1n) is 11.1. The molecule has 1 atom stereocenters. The molecule has 0 spiro atoms. The number of benzene rings is 1. The van der Waals surface area contributed by atoms with Gasteiger partial charge >= 0.3 is 0 Å². The molecule has 8 nitrogen and oxygen atoms in total. The average molecular weight is 460 g/mol. The van der Waals surface area contributed by atoms with Gasteiger partial charge in [0.25, 0.3) is 11.8 Å². The van der Waals surface area contributed by atoms with Crippen molar-refractivity contribution < 1.29 is 23.5 Å². The zero-order valence-electron chi connectivity index (χ0n) is 18.1. The van der Waals surface area contributed by atoms with Crippen molar-refractivity contribution in [3.63, 3.8) is 0 Å². The third-order valence-corrected chi connectivity index (χ3v) is 6.31. The first-order chi connectivity index (χ1) is 15.8. The maximum atomic E-state index is 13.9. The first kappa shape index (κ1) is 22.9. The monoisotopic (exact) mass is 460 g/mol. The van der Waals surface area contributed by atoms with Crippen molar-refractivity contribution in [3.8, 4) is 5.75 Å². The summed E-state index contributed by atoms with van der Waals surface area (Å²) in [6.07, 6.45) is 5.31. The van der Waals surface area contributed by atoms with Gasteiger partial charge in [-0.3, -0.25) is 19.3 Å². The number of amides is 2. The Hall–Kier alpha value is -3.27. The molecule has 1 fully saturated rings. The number of hydrogen-bond acceptors (Lipinski definition) is 5. The van der Waals surface area contributed by atoms with Crippen LogP contribution in [0.15, 0.2) is 29.2 Å². The molecular weight excluding hydrogens is 434 g/mol. The summed E-state index contributed by atoms with van der Waals surface area (Å²) in [6.45, 7) is 1.98. The molecule has 3 heterocycles. The molecule has 2 aliphatic rings. The van der Waals surface area contributed by atoms with E-state index in [2.05, 4.69) is 15.5 Å². The minimum Gasteiger partial charge on any atom is -0.503 e. The Balaban J connectivity index is 1.61. The van der Waals surface area contributed by atoms with Crippen LogP contribution in [0.25, 0.3) is 0 Å². The lowest BCUT2D eigenvalue weighted by Gasteiger charge is -2.37. The van der Waals surface area contributed by atoms with Crippen molar-refractivity contribution in [2.45, 2.75) is 44.8 Å². The Morgan fingerprint density at radius 2 is 1.97 bits per heavy atom. The lowest BCUT2D eigenvalue weighted by Crippen LogP contribution is -2.45. The van der Waals surface area contributed by atoms with Gasteiger partial charge < -0.3 is 20.3 Å². The van der Waals surface area contributed by atoms with E-state index in [-0.39, 0.29) is 23.4 Å². The highest BCUT2D eigenvalue weighted by Gasteiger charge is 2.28. The molecule has 1 aromatic heterocycles. The molecule has 176 valence electrons. The molecule has 33 heavy (non-hydrogen) atoms. The molecule has 2 amide bonds. The van der Waals surface area contributed by atoms with Gasteiger partial charge in [0.2, 0.25) is 5.43 Å². The number of pyridine rings is 1. The molecule has 4 rings (SSSR count). The fraction of sp³-hybridized carbons (Fsp3) is 0.435. The van der Waals surface area contributed by atoms with Crippen LogP contribution in [0, 0.1) is 11.6 Å². The van der Waals surface area contributed by atoms with E-state index in [0.717, 1.165) is 38.3 Å². The third kappa shape index (κ3) is 4.90. The van der Waals surface area contributed by atoms with Crippen LogP contribution in [0.2, 0.25) is 0 Å². The highest BCUT2D eigenvalue weighted by Crippen LogP contribution is 2.22. The normalized spacial score (nSPS) is 19.2. The molecule has 1 aromatic carbocycles. The van der Waals surface area contributed by atoms with E-state index >= 15 is 0 Å². The van der Waals surface area contributed by atoms with Crippen LogP contribution in [0.4, 0.5) is 8.78 Å². The summed E-state index contributed by atoms with van der Waals surface area (Å²) < 4.78 is 28.4. The van der Waals surface area contributed by atoms with Crippen molar-refractivity contribution in [1.29, 1.82) is 0 Å². The summed E-state index contributed by atoms with van der Waals surface area (Å²) in [5.41, 5.74) is -1.49. The average Bonchev–Trinajstić information content (AvgIpc) is 2.79. The zero-order chi connectivity index (χ0) is 23.5. The highest BCUT2D eigenvalue weighted by atomic mass is 19.1. The number of hydrogen-bond donors (Lipinski definition) is 3. The van der Waals surface area contributed by atoms with Crippen LogP contribution in [-0.2, 0) is 13.1 Å². The molecule has 2 aromatic rings. The predicted molar refractivity (Wildman–Crippen MR) is 116 cm³/mol.